The molecule has 0 aromatic heterocycles. The molecule has 11 heteroatoms. The van der Waals surface area contributed by atoms with Gasteiger partial charge in [0.2, 0.25) is 5.91 Å². The van der Waals surface area contributed by atoms with Crippen molar-refractivity contribution in [1.82, 2.24) is 5.32 Å². The molecule has 5 N–H and O–H groups in total. The zero-order valence-electron chi connectivity index (χ0n) is 24.1. The van der Waals surface area contributed by atoms with Crippen LogP contribution in [0, 0.1) is 0 Å². The minimum absolute atomic E-state index is 0.0359. The van der Waals surface area contributed by atoms with Crippen LogP contribution in [0.5, 0.6) is 0 Å². The van der Waals surface area contributed by atoms with Crippen molar-refractivity contribution in [2.45, 2.75) is 128 Å². The fourth-order valence-electron chi connectivity index (χ4n) is 4.26. The van der Waals surface area contributed by atoms with E-state index in [1.54, 1.807) is 0 Å². The highest BCUT2D eigenvalue weighted by Crippen LogP contribution is 2.14. The van der Waals surface area contributed by atoms with Gasteiger partial charge < -0.3 is 30.7 Å². The molecular formula is C29H52N2O9. The Morgan fingerprint density at radius 3 is 1.65 bits per heavy atom. The average Bonchev–Trinajstić information content (AvgIpc) is 2.92. The first-order chi connectivity index (χ1) is 19.3. The van der Waals surface area contributed by atoms with Crippen LogP contribution in [-0.2, 0) is 33.4 Å². The van der Waals surface area contributed by atoms with Crippen LogP contribution in [0.25, 0.3) is 0 Å². The third-order valence-corrected chi connectivity index (χ3v) is 6.59. The molecular weight excluding hydrogens is 520 g/mol. The molecule has 0 rings (SSSR count). The largest absolute Gasteiger partial charge is 0.481 e. The molecule has 0 radical (unpaired) electrons. The van der Waals surface area contributed by atoms with Crippen LogP contribution in [0.1, 0.15) is 116 Å². The van der Waals surface area contributed by atoms with Gasteiger partial charge in [-0.2, -0.15) is 0 Å². The summed E-state index contributed by atoms with van der Waals surface area (Å²) < 4.78 is 10.3. The van der Waals surface area contributed by atoms with E-state index in [2.05, 4.69) is 5.32 Å². The molecule has 0 saturated carbocycles. The fourth-order valence-corrected chi connectivity index (χ4v) is 4.26. The minimum atomic E-state index is -1.29. The second-order valence-corrected chi connectivity index (χ2v) is 10.1. The highest BCUT2D eigenvalue weighted by Gasteiger charge is 2.24. The van der Waals surface area contributed by atoms with Crippen LogP contribution in [0.2, 0.25) is 0 Å². The molecule has 2 atom stereocenters. The van der Waals surface area contributed by atoms with Gasteiger partial charge in [-0.05, 0) is 19.3 Å². The number of hydrogen-bond donors (Lipinski definition) is 4. The molecule has 0 spiro atoms. The van der Waals surface area contributed by atoms with Crippen molar-refractivity contribution in [3.63, 3.8) is 0 Å². The van der Waals surface area contributed by atoms with Crippen molar-refractivity contribution in [2.24, 2.45) is 5.73 Å². The van der Waals surface area contributed by atoms with Gasteiger partial charge in [-0.15, -0.1) is 0 Å². The predicted molar refractivity (Wildman–Crippen MR) is 151 cm³/mol. The lowest BCUT2D eigenvalue weighted by Gasteiger charge is -2.16. The Hall–Kier alpha value is -2.37. The Balaban J connectivity index is 3.82. The van der Waals surface area contributed by atoms with Crippen molar-refractivity contribution >= 4 is 29.9 Å². The first-order valence-corrected chi connectivity index (χ1v) is 14.9. The number of ether oxygens (including phenoxy) is 2. The number of unbranched alkanes of at least 4 members (excludes halogenated alkanes) is 13. The SMILES string of the molecule is NCCOCCOC(C=O)C(=O)CC[C@H](NC(=O)CCCCCCCCCCCCCCCCC(=O)O)C(=O)O. The van der Waals surface area contributed by atoms with E-state index < -0.39 is 29.9 Å². The lowest BCUT2D eigenvalue weighted by atomic mass is 10.0. The van der Waals surface area contributed by atoms with Gasteiger partial charge in [-0.3, -0.25) is 19.2 Å². The van der Waals surface area contributed by atoms with Crippen molar-refractivity contribution in [1.29, 1.82) is 0 Å². The number of nitrogens with one attached hydrogen (secondary N) is 1. The van der Waals surface area contributed by atoms with Crippen molar-refractivity contribution < 1.29 is 43.7 Å². The van der Waals surface area contributed by atoms with Gasteiger partial charge in [-0.1, -0.05) is 77.0 Å². The minimum Gasteiger partial charge on any atom is -0.481 e. The summed E-state index contributed by atoms with van der Waals surface area (Å²) in [5, 5.41) is 20.5. The van der Waals surface area contributed by atoms with E-state index in [1.807, 2.05) is 0 Å². The summed E-state index contributed by atoms with van der Waals surface area (Å²) in [6.07, 6.45) is 14.3. The summed E-state index contributed by atoms with van der Waals surface area (Å²) in [5.41, 5.74) is 5.30. The zero-order valence-corrected chi connectivity index (χ0v) is 24.1. The number of carbonyl (C=O) groups is 5. The molecule has 0 heterocycles. The molecule has 0 bridgehead atoms. The first-order valence-electron chi connectivity index (χ1n) is 14.9. The van der Waals surface area contributed by atoms with E-state index in [9.17, 15) is 29.1 Å². The zero-order chi connectivity index (χ0) is 29.8. The number of carbonyl (C=O) groups excluding carboxylic acids is 3. The number of nitrogens with two attached hydrogens (primary N) is 1. The topological polar surface area (TPSA) is 182 Å². The third kappa shape index (κ3) is 23.5. The molecule has 0 saturated heterocycles. The van der Waals surface area contributed by atoms with Crippen LogP contribution in [-0.4, -0.2) is 78.6 Å². The molecule has 1 unspecified atom stereocenters. The van der Waals surface area contributed by atoms with E-state index in [-0.39, 0.29) is 44.8 Å². The first kappa shape index (κ1) is 37.6. The molecule has 11 nitrogen and oxygen atoms in total. The van der Waals surface area contributed by atoms with Gasteiger partial charge in [0, 0.05) is 25.8 Å². The Labute approximate surface area is 238 Å². The number of aldehydes is 1. The molecule has 0 aromatic carbocycles. The van der Waals surface area contributed by atoms with Crippen LogP contribution in [0.4, 0.5) is 0 Å². The van der Waals surface area contributed by atoms with Gasteiger partial charge in [-0.25, -0.2) is 4.79 Å². The van der Waals surface area contributed by atoms with Gasteiger partial charge in [0.25, 0.3) is 0 Å². The molecule has 0 aliphatic carbocycles. The van der Waals surface area contributed by atoms with E-state index in [0.717, 1.165) is 38.5 Å². The van der Waals surface area contributed by atoms with Gasteiger partial charge in [0.1, 0.15) is 6.04 Å². The van der Waals surface area contributed by atoms with Gasteiger partial charge >= 0.3 is 11.9 Å². The van der Waals surface area contributed by atoms with E-state index in [1.165, 1.54) is 44.9 Å². The Morgan fingerprint density at radius 2 is 1.20 bits per heavy atom. The number of Topliss-reactive ketones (excluding diaryl/α,β-unsaturated/α-hetero) is 1. The van der Waals surface area contributed by atoms with Gasteiger partial charge in [0.05, 0.1) is 19.8 Å². The van der Waals surface area contributed by atoms with Gasteiger partial charge in [0.15, 0.2) is 18.2 Å². The van der Waals surface area contributed by atoms with Crippen molar-refractivity contribution in [3.8, 4) is 0 Å². The summed E-state index contributed by atoms with van der Waals surface area (Å²) in [5.74, 6) is -2.84. The monoisotopic (exact) mass is 572 g/mol. The average molecular weight is 573 g/mol. The molecule has 0 aliphatic heterocycles. The number of hydrogen-bond acceptors (Lipinski definition) is 8. The number of ketones is 1. The van der Waals surface area contributed by atoms with Crippen molar-refractivity contribution in [3.05, 3.63) is 0 Å². The lowest BCUT2D eigenvalue weighted by Crippen LogP contribution is -2.41. The molecule has 40 heavy (non-hydrogen) atoms. The quantitative estimate of drug-likeness (QED) is 0.0561. The summed E-state index contributed by atoms with van der Waals surface area (Å²) >= 11 is 0. The van der Waals surface area contributed by atoms with Crippen molar-refractivity contribution in [2.75, 3.05) is 26.4 Å². The number of carboxylic acids is 2. The smallest absolute Gasteiger partial charge is 0.326 e. The van der Waals surface area contributed by atoms with Crippen LogP contribution >= 0.6 is 0 Å². The van der Waals surface area contributed by atoms with E-state index in [0.29, 0.717) is 25.9 Å². The Morgan fingerprint density at radius 1 is 0.700 bits per heavy atom. The maximum absolute atomic E-state index is 12.2. The summed E-state index contributed by atoms with van der Waals surface area (Å²) in [4.78, 5) is 57.5. The molecule has 0 fully saturated rings. The maximum atomic E-state index is 12.2. The number of carboxylic acid groups (broad SMARTS) is 2. The molecule has 0 aliphatic rings. The van der Waals surface area contributed by atoms with Crippen LogP contribution in [0.3, 0.4) is 0 Å². The van der Waals surface area contributed by atoms with E-state index >= 15 is 0 Å². The summed E-state index contributed by atoms with van der Waals surface area (Å²) in [6.45, 7) is 0.908. The maximum Gasteiger partial charge on any atom is 0.326 e. The second kappa shape index (κ2) is 26.8. The lowest BCUT2D eigenvalue weighted by molar-refractivity contribution is -0.142. The predicted octanol–water partition coefficient (Wildman–Crippen LogP) is 3.79. The number of amides is 1. The molecule has 232 valence electrons. The van der Waals surface area contributed by atoms with E-state index in [4.69, 9.17) is 20.3 Å². The number of aliphatic carboxylic acids is 2. The van der Waals surface area contributed by atoms with Crippen LogP contribution < -0.4 is 11.1 Å². The molecule has 0 aromatic rings. The second-order valence-electron chi connectivity index (χ2n) is 10.1. The number of rotatable bonds is 30. The summed E-state index contributed by atoms with van der Waals surface area (Å²) in [7, 11) is 0. The Kier molecular flexibility index (Phi) is 25.2. The normalized spacial score (nSPS) is 12.5. The molecule has 1 amide bonds. The highest BCUT2D eigenvalue weighted by atomic mass is 16.5. The van der Waals surface area contributed by atoms with Crippen LogP contribution in [0.15, 0.2) is 0 Å². The third-order valence-electron chi connectivity index (χ3n) is 6.59. The standard InChI is InChI=1S/C29H52N2O9/c30-19-20-39-21-22-40-26(23-32)25(33)18-17-24(29(37)38)31-27(34)15-13-11-9-7-5-3-1-2-4-6-8-10-12-14-16-28(35)36/h23-24,26H,1-22,30H2,(H,31,34)(H,35,36)(H,37,38)/t24-,26?/m0/s1. The summed E-state index contributed by atoms with van der Waals surface area (Å²) in [6, 6.07) is -1.20. The Bertz CT molecular complexity index is 703. The highest BCUT2D eigenvalue weighted by molar-refractivity contribution is 5.96. The fraction of sp³-hybridized carbons (Fsp3) is 0.828.